The van der Waals surface area contributed by atoms with Gasteiger partial charge in [0.05, 0.1) is 5.56 Å². The summed E-state index contributed by atoms with van der Waals surface area (Å²) >= 11 is 1.55. The molecule has 5 rings (SSSR count). The Labute approximate surface area is 204 Å². The molecule has 0 aliphatic carbocycles. The molecule has 0 saturated carbocycles. The van der Waals surface area contributed by atoms with E-state index in [1.165, 1.54) is 5.56 Å². The molecule has 4 aromatic rings. The number of thiophene rings is 1. The van der Waals surface area contributed by atoms with Crippen molar-refractivity contribution in [2.45, 2.75) is 25.3 Å². The SMILES string of the molecule is CN(C(=O)c1ccsc1)C(Cc1ccccc1)C1CCN(C(=O)c2ccc3[nH]ccc3c2)CC1. The van der Waals surface area contributed by atoms with E-state index < -0.39 is 0 Å². The van der Waals surface area contributed by atoms with Gasteiger partial charge >= 0.3 is 0 Å². The van der Waals surface area contributed by atoms with Crippen molar-refractivity contribution in [2.75, 3.05) is 20.1 Å². The van der Waals surface area contributed by atoms with Gasteiger partial charge in [0.25, 0.3) is 11.8 Å². The lowest BCUT2D eigenvalue weighted by atomic mass is 9.84. The fourth-order valence-electron chi connectivity index (χ4n) is 5.07. The topological polar surface area (TPSA) is 56.4 Å². The Balaban J connectivity index is 1.30. The Hall–Kier alpha value is -3.38. The number of nitrogens with one attached hydrogen (secondary N) is 1. The number of rotatable bonds is 6. The van der Waals surface area contributed by atoms with E-state index in [2.05, 4.69) is 29.2 Å². The summed E-state index contributed by atoms with van der Waals surface area (Å²) in [7, 11) is 1.93. The number of hydrogen-bond donors (Lipinski definition) is 1. The first-order chi connectivity index (χ1) is 16.6. The highest BCUT2D eigenvalue weighted by Gasteiger charge is 2.33. The third-order valence-corrected chi connectivity index (χ3v) is 7.73. The molecule has 0 bridgehead atoms. The molecule has 3 heterocycles. The number of hydrogen-bond acceptors (Lipinski definition) is 3. The molecule has 34 heavy (non-hydrogen) atoms. The third-order valence-electron chi connectivity index (χ3n) is 7.04. The predicted molar refractivity (Wildman–Crippen MR) is 137 cm³/mol. The van der Waals surface area contributed by atoms with Crippen LogP contribution >= 0.6 is 11.3 Å². The number of carbonyl (C=O) groups is 2. The number of likely N-dealkylation sites (tertiary alicyclic amines) is 1. The van der Waals surface area contributed by atoms with Crippen molar-refractivity contribution in [1.82, 2.24) is 14.8 Å². The molecule has 2 aromatic heterocycles. The zero-order valence-corrected chi connectivity index (χ0v) is 20.1. The number of benzene rings is 2. The van der Waals surface area contributed by atoms with Crippen molar-refractivity contribution < 1.29 is 9.59 Å². The van der Waals surface area contributed by atoms with Gasteiger partial charge in [0.15, 0.2) is 0 Å². The molecule has 1 saturated heterocycles. The van der Waals surface area contributed by atoms with Crippen LogP contribution in [0.15, 0.2) is 77.6 Å². The van der Waals surface area contributed by atoms with Crippen molar-refractivity contribution in [3.63, 3.8) is 0 Å². The minimum Gasteiger partial charge on any atom is -0.361 e. The number of piperidine rings is 1. The normalized spacial score (nSPS) is 15.4. The molecule has 1 atom stereocenters. The van der Waals surface area contributed by atoms with Gasteiger partial charge in [0.1, 0.15) is 0 Å². The molecule has 1 aliphatic rings. The molecule has 6 heteroatoms. The zero-order valence-electron chi connectivity index (χ0n) is 19.3. The minimum atomic E-state index is 0.0699. The molecule has 1 fully saturated rings. The van der Waals surface area contributed by atoms with Crippen molar-refractivity contribution in [3.05, 3.63) is 94.3 Å². The molecule has 5 nitrogen and oxygen atoms in total. The maximum atomic E-state index is 13.2. The van der Waals surface area contributed by atoms with Crippen LogP contribution in [0.5, 0.6) is 0 Å². The van der Waals surface area contributed by atoms with Gasteiger partial charge in [-0.3, -0.25) is 9.59 Å². The third kappa shape index (κ3) is 4.64. The number of amides is 2. The number of aromatic amines is 1. The van der Waals surface area contributed by atoms with E-state index >= 15 is 0 Å². The van der Waals surface area contributed by atoms with E-state index in [1.54, 1.807) is 11.3 Å². The number of H-pyrrole nitrogens is 1. The van der Waals surface area contributed by atoms with E-state index in [-0.39, 0.29) is 17.9 Å². The van der Waals surface area contributed by atoms with Crippen LogP contribution in [0.4, 0.5) is 0 Å². The average Bonchev–Trinajstić information content (AvgIpc) is 3.59. The maximum Gasteiger partial charge on any atom is 0.254 e. The van der Waals surface area contributed by atoms with E-state index in [1.807, 2.05) is 70.2 Å². The Morgan fingerprint density at radius 1 is 1.06 bits per heavy atom. The van der Waals surface area contributed by atoms with Crippen molar-refractivity contribution in [2.24, 2.45) is 5.92 Å². The lowest BCUT2D eigenvalue weighted by Gasteiger charge is -2.40. The largest absolute Gasteiger partial charge is 0.361 e. The Morgan fingerprint density at radius 3 is 2.59 bits per heavy atom. The smallest absolute Gasteiger partial charge is 0.254 e. The summed E-state index contributed by atoms with van der Waals surface area (Å²) in [5.41, 5.74) is 3.75. The second-order valence-corrected chi connectivity index (χ2v) is 9.87. The fraction of sp³-hybridized carbons (Fsp3) is 0.286. The average molecular weight is 472 g/mol. The van der Waals surface area contributed by atoms with Gasteiger partial charge in [-0.05, 0) is 66.5 Å². The van der Waals surface area contributed by atoms with E-state index in [0.717, 1.165) is 41.3 Å². The predicted octanol–water partition coefficient (Wildman–Crippen LogP) is 5.47. The molecule has 2 aromatic carbocycles. The minimum absolute atomic E-state index is 0.0699. The monoisotopic (exact) mass is 471 g/mol. The standard InChI is InChI=1S/C28H29N3O2S/c1-30(27(32)24-12-16-34-19-24)26(17-20-5-3-2-4-6-20)21-10-14-31(15-11-21)28(33)23-7-8-25-22(18-23)9-13-29-25/h2-9,12-13,16,18-19,21,26,29H,10-11,14-15,17H2,1H3. The Kier molecular flexibility index (Phi) is 6.50. The van der Waals surface area contributed by atoms with Gasteiger partial charge in [0.2, 0.25) is 0 Å². The number of nitrogens with zero attached hydrogens (tertiary/aromatic N) is 2. The van der Waals surface area contributed by atoms with Crippen molar-refractivity contribution in [3.8, 4) is 0 Å². The van der Waals surface area contributed by atoms with Gasteiger partial charge in [0, 0.05) is 54.2 Å². The molecule has 1 unspecified atom stereocenters. The first-order valence-electron chi connectivity index (χ1n) is 11.8. The summed E-state index contributed by atoms with van der Waals surface area (Å²) in [6.07, 6.45) is 4.48. The molecule has 1 aliphatic heterocycles. The maximum absolute atomic E-state index is 13.2. The molecule has 0 radical (unpaired) electrons. The van der Waals surface area contributed by atoms with Gasteiger partial charge in [-0.25, -0.2) is 0 Å². The van der Waals surface area contributed by atoms with Crippen LogP contribution in [0.3, 0.4) is 0 Å². The highest BCUT2D eigenvalue weighted by atomic mass is 32.1. The summed E-state index contributed by atoms with van der Waals surface area (Å²) in [4.78, 5) is 33.4. The van der Waals surface area contributed by atoms with Crippen LogP contribution in [0, 0.1) is 5.92 Å². The number of likely N-dealkylation sites (N-methyl/N-ethyl adjacent to an activating group) is 1. The van der Waals surface area contributed by atoms with Crippen LogP contribution in [0.25, 0.3) is 10.9 Å². The second kappa shape index (κ2) is 9.85. The highest BCUT2D eigenvalue weighted by molar-refractivity contribution is 7.08. The Morgan fingerprint density at radius 2 is 1.85 bits per heavy atom. The first kappa shape index (κ1) is 22.4. The molecule has 174 valence electrons. The molecule has 0 spiro atoms. The second-order valence-electron chi connectivity index (χ2n) is 9.09. The molecule has 2 amide bonds. The summed E-state index contributed by atoms with van der Waals surface area (Å²) in [6.45, 7) is 1.42. The Bertz CT molecular complexity index is 1260. The van der Waals surface area contributed by atoms with Gasteiger partial charge < -0.3 is 14.8 Å². The quantitative estimate of drug-likeness (QED) is 0.406. The fourth-order valence-corrected chi connectivity index (χ4v) is 5.70. The lowest BCUT2D eigenvalue weighted by molar-refractivity contribution is 0.0523. The summed E-state index contributed by atoms with van der Waals surface area (Å²) in [6, 6.07) is 20.2. The molecular formula is C28H29N3O2S. The summed E-state index contributed by atoms with van der Waals surface area (Å²) in [5, 5.41) is 4.92. The zero-order chi connectivity index (χ0) is 23.5. The van der Waals surface area contributed by atoms with Gasteiger partial charge in [-0.1, -0.05) is 30.3 Å². The van der Waals surface area contributed by atoms with Crippen LogP contribution in [0.1, 0.15) is 39.1 Å². The van der Waals surface area contributed by atoms with Crippen LogP contribution in [-0.4, -0.2) is 52.8 Å². The number of aromatic nitrogens is 1. The van der Waals surface area contributed by atoms with Gasteiger partial charge in [-0.2, -0.15) is 11.3 Å². The van der Waals surface area contributed by atoms with Crippen LogP contribution < -0.4 is 0 Å². The van der Waals surface area contributed by atoms with Crippen molar-refractivity contribution >= 4 is 34.1 Å². The van der Waals surface area contributed by atoms with Crippen LogP contribution in [0.2, 0.25) is 0 Å². The number of fused-ring (bicyclic) bond motifs is 1. The lowest BCUT2D eigenvalue weighted by Crippen LogP contribution is -2.48. The molecule has 1 N–H and O–H groups in total. The first-order valence-corrected chi connectivity index (χ1v) is 12.7. The molecular weight excluding hydrogens is 442 g/mol. The number of carbonyl (C=O) groups excluding carboxylic acids is 2. The van der Waals surface area contributed by atoms with E-state index in [4.69, 9.17) is 0 Å². The van der Waals surface area contributed by atoms with Gasteiger partial charge in [-0.15, -0.1) is 0 Å². The van der Waals surface area contributed by atoms with E-state index in [9.17, 15) is 9.59 Å². The van der Waals surface area contributed by atoms with Crippen molar-refractivity contribution in [1.29, 1.82) is 0 Å². The highest BCUT2D eigenvalue weighted by Crippen LogP contribution is 2.29. The van der Waals surface area contributed by atoms with E-state index in [0.29, 0.717) is 19.0 Å². The summed E-state index contributed by atoms with van der Waals surface area (Å²) < 4.78 is 0. The summed E-state index contributed by atoms with van der Waals surface area (Å²) in [5.74, 6) is 0.494. The van der Waals surface area contributed by atoms with Crippen LogP contribution in [-0.2, 0) is 6.42 Å².